The molecule has 0 bridgehead atoms. The summed E-state index contributed by atoms with van der Waals surface area (Å²) in [6, 6.07) is 2.87. The van der Waals surface area contributed by atoms with Crippen LogP contribution in [-0.4, -0.2) is 69.6 Å². The highest BCUT2D eigenvalue weighted by molar-refractivity contribution is 7.80. The monoisotopic (exact) mass is 506 g/mol. The van der Waals surface area contributed by atoms with E-state index >= 15 is 0 Å². The number of nitrogens with one attached hydrogen (secondary N) is 4. The zero-order valence-electron chi connectivity index (χ0n) is 19.1. The summed E-state index contributed by atoms with van der Waals surface area (Å²) >= 11 is 4.05. The first-order valence-corrected chi connectivity index (χ1v) is 11.5. The van der Waals surface area contributed by atoms with Crippen molar-refractivity contribution >= 4 is 53.1 Å². The molecule has 2 rings (SSSR count). The first-order valence-electron chi connectivity index (χ1n) is 10.9. The highest BCUT2D eigenvalue weighted by atomic mass is 32.1. The van der Waals surface area contributed by atoms with E-state index in [4.69, 9.17) is 11.5 Å². The molecule has 12 nitrogen and oxygen atoms in total. The third kappa shape index (κ3) is 8.00. The molecule has 1 aromatic carbocycles. The lowest BCUT2D eigenvalue weighted by molar-refractivity contribution is -0.142. The third-order valence-electron chi connectivity index (χ3n) is 5.32. The van der Waals surface area contributed by atoms with Gasteiger partial charge >= 0.3 is 5.97 Å². The first kappa shape index (κ1) is 27.7. The molecule has 0 aliphatic carbocycles. The van der Waals surface area contributed by atoms with E-state index in [0.29, 0.717) is 0 Å². The lowest BCUT2D eigenvalue weighted by atomic mass is 10.0. The molecule has 4 amide bonds. The van der Waals surface area contributed by atoms with Crippen LogP contribution in [0.1, 0.15) is 25.3 Å². The number of carbonyl (C=O) groups excluding carboxylic acids is 4. The van der Waals surface area contributed by atoms with Crippen molar-refractivity contribution in [3.8, 4) is 0 Å². The minimum Gasteiger partial charge on any atom is -0.480 e. The van der Waals surface area contributed by atoms with E-state index in [1.165, 1.54) is 6.92 Å². The summed E-state index contributed by atoms with van der Waals surface area (Å²) in [5, 5.41) is 17.7. The number of hydrogen-bond acceptors (Lipinski definition) is 7. The molecular formula is C22H30N6O6S. The van der Waals surface area contributed by atoms with Gasteiger partial charge in [-0.25, -0.2) is 4.79 Å². The van der Waals surface area contributed by atoms with Crippen LogP contribution in [0.15, 0.2) is 30.5 Å². The summed E-state index contributed by atoms with van der Waals surface area (Å²) in [5.41, 5.74) is 12.3. The molecule has 4 atom stereocenters. The van der Waals surface area contributed by atoms with E-state index in [1.807, 2.05) is 24.3 Å². The Morgan fingerprint density at radius 3 is 2.31 bits per heavy atom. The fraction of sp³-hybridized carbons (Fsp3) is 0.409. The fourth-order valence-corrected chi connectivity index (χ4v) is 3.56. The molecule has 0 saturated carbocycles. The molecule has 0 saturated heterocycles. The summed E-state index contributed by atoms with van der Waals surface area (Å²) in [4.78, 5) is 63.0. The number of nitrogens with two attached hydrogens (primary N) is 2. The number of aliphatic carboxylic acids is 1. The second kappa shape index (κ2) is 12.8. The highest BCUT2D eigenvalue weighted by Crippen LogP contribution is 2.19. The van der Waals surface area contributed by atoms with Gasteiger partial charge in [-0.2, -0.15) is 12.6 Å². The number of aromatic amines is 1. The average molecular weight is 507 g/mol. The van der Waals surface area contributed by atoms with Gasteiger partial charge < -0.3 is 37.5 Å². The molecule has 0 radical (unpaired) electrons. The third-order valence-corrected chi connectivity index (χ3v) is 5.68. The average Bonchev–Trinajstić information content (AvgIpc) is 3.22. The lowest BCUT2D eigenvalue weighted by Gasteiger charge is -2.22. The van der Waals surface area contributed by atoms with Gasteiger partial charge in [0.1, 0.15) is 18.1 Å². The minimum atomic E-state index is -1.23. The van der Waals surface area contributed by atoms with E-state index in [2.05, 4.69) is 33.6 Å². The standard InChI is InChI=1S/C22H30N6O6S/c1-11(26-21(32)17(10-35)28-20(31)14(23)6-7-18(24)29)19(30)27-16(22(33)34)8-12-9-25-15-5-3-2-4-13(12)15/h2-5,9,11,14,16-17,25,35H,6-8,10,23H2,1H3,(H2,24,29)(H,26,32)(H,27,30)(H,28,31)(H,33,34). The predicted octanol–water partition coefficient (Wildman–Crippen LogP) is -1.21. The zero-order chi connectivity index (χ0) is 26.1. The number of benzene rings is 1. The van der Waals surface area contributed by atoms with Gasteiger partial charge in [0.25, 0.3) is 0 Å². The Hall–Kier alpha value is -3.58. The number of carboxylic acid groups (broad SMARTS) is 1. The number of carboxylic acids is 1. The number of para-hydroxylation sites is 1. The predicted molar refractivity (Wildman–Crippen MR) is 131 cm³/mol. The quantitative estimate of drug-likeness (QED) is 0.155. The number of amides is 4. The van der Waals surface area contributed by atoms with Crippen molar-refractivity contribution in [3.63, 3.8) is 0 Å². The first-order chi connectivity index (χ1) is 16.5. The Morgan fingerprint density at radius 1 is 1.03 bits per heavy atom. The Labute approximate surface area is 207 Å². The van der Waals surface area contributed by atoms with E-state index in [0.717, 1.165) is 16.5 Å². The maximum atomic E-state index is 12.6. The van der Waals surface area contributed by atoms with Crippen molar-refractivity contribution in [2.45, 2.75) is 50.4 Å². The number of rotatable bonds is 13. The van der Waals surface area contributed by atoms with Crippen molar-refractivity contribution in [1.29, 1.82) is 0 Å². The van der Waals surface area contributed by atoms with E-state index in [9.17, 15) is 29.1 Å². The van der Waals surface area contributed by atoms with Crippen molar-refractivity contribution in [1.82, 2.24) is 20.9 Å². The number of carbonyl (C=O) groups is 5. The second-order valence-corrected chi connectivity index (χ2v) is 8.41. The maximum absolute atomic E-state index is 12.6. The smallest absolute Gasteiger partial charge is 0.326 e. The number of thiol groups is 1. The molecule has 0 aliphatic rings. The Balaban J connectivity index is 1.95. The van der Waals surface area contributed by atoms with Crippen molar-refractivity contribution < 1.29 is 29.1 Å². The van der Waals surface area contributed by atoms with Crippen LogP contribution < -0.4 is 27.4 Å². The van der Waals surface area contributed by atoms with Gasteiger partial charge in [0.2, 0.25) is 23.6 Å². The largest absolute Gasteiger partial charge is 0.480 e. The molecule has 0 spiro atoms. The SMILES string of the molecule is CC(NC(=O)C(CS)NC(=O)C(N)CCC(N)=O)C(=O)NC(Cc1c[nH]c2ccccc12)C(=O)O. The summed E-state index contributed by atoms with van der Waals surface area (Å²) in [6.45, 7) is 1.38. The van der Waals surface area contributed by atoms with E-state index in [1.54, 1.807) is 6.20 Å². The van der Waals surface area contributed by atoms with Gasteiger partial charge in [0.05, 0.1) is 6.04 Å². The minimum absolute atomic E-state index is 0.00783. The lowest BCUT2D eigenvalue weighted by Crippen LogP contribution is -2.57. The summed E-state index contributed by atoms with van der Waals surface area (Å²) in [7, 11) is 0. The fourth-order valence-electron chi connectivity index (χ4n) is 3.30. The van der Waals surface area contributed by atoms with Crippen LogP contribution >= 0.6 is 12.6 Å². The molecule has 2 aromatic rings. The van der Waals surface area contributed by atoms with Crippen LogP contribution in [0.5, 0.6) is 0 Å². The molecule has 190 valence electrons. The van der Waals surface area contributed by atoms with E-state index < -0.39 is 53.8 Å². The molecule has 0 aliphatic heterocycles. The van der Waals surface area contributed by atoms with Crippen LogP contribution in [-0.2, 0) is 30.4 Å². The molecule has 0 fully saturated rings. The molecule has 9 N–H and O–H groups in total. The van der Waals surface area contributed by atoms with Gasteiger partial charge in [0.15, 0.2) is 0 Å². The van der Waals surface area contributed by atoms with Gasteiger partial charge in [0, 0.05) is 35.7 Å². The van der Waals surface area contributed by atoms with Crippen LogP contribution in [0.25, 0.3) is 10.9 Å². The molecular weight excluding hydrogens is 476 g/mol. The normalized spacial score (nSPS) is 14.4. The van der Waals surface area contributed by atoms with Crippen LogP contribution in [0.3, 0.4) is 0 Å². The van der Waals surface area contributed by atoms with Gasteiger partial charge in [-0.05, 0) is 25.0 Å². The van der Waals surface area contributed by atoms with Crippen molar-refractivity contribution in [3.05, 3.63) is 36.0 Å². The second-order valence-electron chi connectivity index (χ2n) is 8.05. The molecule has 4 unspecified atom stereocenters. The Kier molecular flexibility index (Phi) is 10.1. The molecule has 1 aromatic heterocycles. The zero-order valence-corrected chi connectivity index (χ0v) is 20.0. The summed E-state index contributed by atoms with van der Waals surface area (Å²) in [5.74, 6) is -4.03. The topological polar surface area (TPSA) is 209 Å². The Bertz CT molecular complexity index is 1090. The highest BCUT2D eigenvalue weighted by Gasteiger charge is 2.28. The number of H-pyrrole nitrogens is 1. The number of aromatic nitrogens is 1. The molecule has 13 heteroatoms. The Morgan fingerprint density at radius 2 is 1.69 bits per heavy atom. The number of fused-ring (bicyclic) bond motifs is 1. The van der Waals surface area contributed by atoms with Crippen LogP contribution in [0.4, 0.5) is 0 Å². The number of primary amides is 1. The number of hydrogen-bond donors (Lipinski definition) is 8. The van der Waals surface area contributed by atoms with E-state index in [-0.39, 0.29) is 25.0 Å². The van der Waals surface area contributed by atoms with Gasteiger partial charge in [-0.1, -0.05) is 18.2 Å². The van der Waals surface area contributed by atoms with Gasteiger partial charge in [-0.3, -0.25) is 19.2 Å². The maximum Gasteiger partial charge on any atom is 0.326 e. The molecule has 1 heterocycles. The molecule has 35 heavy (non-hydrogen) atoms. The van der Waals surface area contributed by atoms with Crippen LogP contribution in [0.2, 0.25) is 0 Å². The summed E-state index contributed by atoms with van der Waals surface area (Å²) < 4.78 is 0. The van der Waals surface area contributed by atoms with Crippen molar-refractivity contribution in [2.75, 3.05) is 5.75 Å². The van der Waals surface area contributed by atoms with Crippen molar-refractivity contribution in [2.24, 2.45) is 11.5 Å². The van der Waals surface area contributed by atoms with Crippen LogP contribution in [0, 0.1) is 0 Å². The summed E-state index contributed by atoms with van der Waals surface area (Å²) in [6.07, 6.45) is 1.64. The van der Waals surface area contributed by atoms with Gasteiger partial charge in [-0.15, -0.1) is 0 Å².